The van der Waals surface area contributed by atoms with Crippen LogP contribution in [0.5, 0.6) is 0 Å². The highest BCUT2D eigenvalue weighted by molar-refractivity contribution is 7.09. The predicted molar refractivity (Wildman–Crippen MR) is 55.9 cm³/mol. The van der Waals surface area contributed by atoms with Gasteiger partial charge in [0.25, 0.3) is 0 Å². The Bertz CT molecular complexity index is 276. The molecule has 13 heavy (non-hydrogen) atoms. The third kappa shape index (κ3) is 2.09. The fourth-order valence-electron chi connectivity index (χ4n) is 1.80. The summed E-state index contributed by atoms with van der Waals surface area (Å²) in [5, 5.41) is 3.56. The van der Waals surface area contributed by atoms with Crippen LogP contribution in [0.3, 0.4) is 0 Å². The Hall–Kier alpha value is -0.410. The molecule has 1 aromatic rings. The Kier molecular flexibility index (Phi) is 2.65. The van der Waals surface area contributed by atoms with Crippen LogP contribution in [0.4, 0.5) is 0 Å². The number of rotatable bonds is 3. The lowest BCUT2D eigenvalue weighted by molar-refractivity contribution is 0.241. The zero-order chi connectivity index (χ0) is 9.26. The van der Waals surface area contributed by atoms with Crippen molar-refractivity contribution >= 4 is 11.3 Å². The second-order valence-electron chi connectivity index (χ2n) is 4.02. The highest BCUT2D eigenvalue weighted by Crippen LogP contribution is 2.26. The molecule has 0 atom stereocenters. The molecule has 3 heteroatoms. The van der Waals surface area contributed by atoms with Crippen molar-refractivity contribution in [1.82, 2.24) is 10.3 Å². The maximum Gasteiger partial charge on any atom is 0.0798 e. The van der Waals surface area contributed by atoms with Gasteiger partial charge in [0, 0.05) is 17.5 Å². The third-order valence-electron chi connectivity index (χ3n) is 2.77. The zero-order valence-corrected chi connectivity index (χ0v) is 9.03. The van der Waals surface area contributed by atoms with E-state index in [9.17, 15) is 0 Å². The number of aryl methyl sites for hydroxylation is 1. The van der Waals surface area contributed by atoms with E-state index in [4.69, 9.17) is 0 Å². The predicted octanol–water partition coefficient (Wildman–Crippen LogP) is 2.34. The van der Waals surface area contributed by atoms with Crippen molar-refractivity contribution in [2.75, 3.05) is 0 Å². The molecule has 0 saturated heterocycles. The van der Waals surface area contributed by atoms with Crippen LogP contribution in [0.15, 0.2) is 5.51 Å². The Balaban J connectivity index is 1.77. The van der Waals surface area contributed by atoms with Crippen LogP contribution in [0.2, 0.25) is 0 Å². The first kappa shape index (κ1) is 9.16. The largest absolute Gasteiger partial charge is 0.309 e. The molecule has 0 aliphatic heterocycles. The topological polar surface area (TPSA) is 24.9 Å². The molecule has 0 aromatic carbocycles. The van der Waals surface area contributed by atoms with Crippen LogP contribution in [0, 0.1) is 12.8 Å². The van der Waals surface area contributed by atoms with Gasteiger partial charge >= 0.3 is 0 Å². The van der Waals surface area contributed by atoms with Crippen molar-refractivity contribution in [2.24, 2.45) is 5.92 Å². The molecule has 1 aromatic heterocycles. The summed E-state index contributed by atoms with van der Waals surface area (Å²) in [6, 6.07) is 0.761. The maximum atomic E-state index is 4.23. The molecule has 72 valence electrons. The molecule has 1 aliphatic rings. The van der Waals surface area contributed by atoms with E-state index in [-0.39, 0.29) is 0 Å². The fraction of sp³-hybridized carbons (Fsp3) is 0.700. The normalized spacial score (nSPS) is 27.2. The fourth-order valence-corrected chi connectivity index (χ4v) is 2.53. The average molecular weight is 196 g/mol. The molecule has 1 heterocycles. The molecular formula is C10H16N2S. The van der Waals surface area contributed by atoms with E-state index in [0.717, 1.165) is 18.5 Å². The highest BCUT2D eigenvalue weighted by atomic mass is 32.1. The summed E-state index contributed by atoms with van der Waals surface area (Å²) >= 11 is 1.75. The molecule has 2 rings (SSSR count). The third-order valence-corrected chi connectivity index (χ3v) is 3.71. The lowest BCUT2D eigenvalue weighted by Crippen LogP contribution is -2.39. The Morgan fingerprint density at radius 1 is 1.62 bits per heavy atom. The summed E-state index contributed by atoms with van der Waals surface area (Å²) in [7, 11) is 0. The van der Waals surface area contributed by atoms with Crippen LogP contribution in [-0.4, -0.2) is 11.0 Å². The van der Waals surface area contributed by atoms with E-state index in [0.29, 0.717) is 0 Å². The smallest absolute Gasteiger partial charge is 0.0798 e. The first-order valence-electron chi connectivity index (χ1n) is 4.88. The summed E-state index contributed by atoms with van der Waals surface area (Å²) in [5.74, 6) is 0.931. The standard InChI is InChI=1S/C10H16N2S/c1-7-3-9(4-7)11-5-10-8(2)12-6-13-10/h6-7,9,11H,3-5H2,1-2H3. The Morgan fingerprint density at radius 2 is 2.38 bits per heavy atom. The first-order valence-corrected chi connectivity index (χ1v) is 5.76. The molecule has 0 spiro atoms. The van der Waals surface area contributed by atoms with Gasteiger partial charge < -0.3 is 5.32 Å². The van der Waals surface area contributed by atoms with Gasteiger partial charge in [-0.2, -0.15) is 0 Å². The van der Waals surface area contributed by atoms with Crippen LogP contribution in [0.1, 0.15) is 30.3 Å². The average Bonchev–Trinajstić information content (AvgIpc) is 2.43. The quantitative estimate of drug-likeness (QED) is 0.802. The highest BCUT2D eigenvalue weighted by Gasteiger charge is 2.24. The van der Waals surface area contributed by atoms with E-state index in [1.54, 1.807) is 11.3 Å². The van der Waals surface area contributed by atoms with Gasteiger partial charge in [0.1, 0.15) is 0 Å². The minimum atomic E-state index is 0.761. The lowest BCUT2D eigenvalue weighted by atomic mass is 9.82. The lowest BCUT2D eigenvalue weighted by Gasteiger charge is -2.33. The minimum Gasteiger partial charge on any atom is -0.309 e. The van der Waals surface area contributed by atoms with Crippen molar-refractivity contribution in [3.05, 3.63) is 16.1 Å². The van der Waals surface area contributed by atoms with Crippen LogP contribution >= 0.6 is 11.3 Å². The number of hydrogen-bond donors (Lipinski definition) is 1. The van der Waals surface area contributed by atoms with Gasteiger partial charge in [-0.25, -0.2) is 4.98 Å². The molecular weight excluding hydrogens is 180 g/mol. The van der Waals surface area contributed by atoms with Gasteiger partial charge in [-0.1, -0.05) is 6.92 Å². The van der Waals surface area contributed by atoms with E-state index in [2.05, 4.69) is 24.1 Å². The zero-order valence-electron chi connectivity index (χ0n) is 8.21. The second-order valence-corrected chi connectivity index (χ2v) is 4.95. The number of hydrogen-bond acceptors (Lipinski definition) is 3. The molecule has 1 fully saturated rings. The first-order chi connectivity index (χ1) is 6.25. The van der Waals surface area contributed by atoms with Gasteiger partial charge in [0.05, 0.1) is 11.2 Å². The van der Waals surface area contributed by atoms with Crippen LogP contribution in [-0.2, 0) is 6.54 Å². The Labute approximate surface area is 83.4 Å². The van der Waals surface area contributed by atoms with Crippen molar-refractivity contribution < 1.29 is 0 Å². The maximum absolute atomic E-state index is 4.23. The number of thiazole rings is 1. The van der Waals surface area contributed by atoms with Crippen molar-refractivity contribution in [2.45, 2.75) is 39.3 Å². The number of nitrogens with one attached hydrogen (secondary N) is 1. The van der Waals surface area contributed by atoms with Gasteiger partial charge in [-0.15, -0.1) is 11.3 Å². The molecule has 2 nitrogen and oxygen atoms in total. The summed E-state index contributed by atoms with van der Waals surface area (Å²) in [6.45, 7) is 5.40. The van der Waals surface area contributed by atoms with Gasteiger partial charge in [-0.3, -0.25) is 0 Å². The van der Waals surface area contributed by atoms with Crippen LogP contribution in [0.25, 0.3) is 0 Å². The number of nitrogens with zero attached hydrogens (tertiary/aromatic N) is 1. The molecule has 1 aliphatic carbocycles. The van der Waals surface area contributed by atoms with E-state index in [1.165, 1.54) is 23.4 Å². The second kappa shape index (κ2) is 3.76. The summed E-state index contributed by atoms with van der Waals surface area (Å²) in [6.07, 6.45) is 2.69. The Morgan fingerprint density at radius 3 is 2.92 bits per heavy atom. The molecule has 0 radical (unpaired) electrons. The summed E-state index contributed by atoms with van der Waals surface area (Å²) in [5.41, 5.74) is 3.11. The summed E-state index contributed by atoms with van der Waals surface area (Å²) < 4.78 is 0. The molecule has 1 N–H and O–H groups in total. The van der Waals surface area contributed by atoms with Gasteiger partial charge in [-0.05, 0) is 25.7 Å². The van der Waals surface area contributed by atoms with E-state index < -0.39 is 0 Å². The number of aromatic nitrogens is 1. The monoisotopic (exact) mass is 196 g/mol. The molecule has 0 unspecified atom stereocenters. The molecule has 0 amide bonds. The van der Waals surface area contributed by atoms with Gasteiger partial charge in [0.2, 0.25) is 0 Å². The molecule has 1 saturated carbocycles. The molecule has 0 bridgehead atoms. The minimum absolute atomic E-state index is 0.761. The van der Waals surface area contributed by atoms with Crippen molar-refractivity contribution in [3.63, 3.8) is 0 Å². The van der Waals surface area contributed by atoms with Crippen LogP contribution < -0.4 is 5.32 Å². The van der Waals surface area contributed by atoms with Gasteiger partial charge in [0.15, 0.2) is 0 Å². The van der Waals surface area contributed by atoms with Crippen molar-refractivity contribution in [3.8, 4) is 0 Å². The SMILES string of the molecule is Cc1ncsc1CNC1CC(C)C1. The summed E-state index contributed by atoms with van der Waals surface area (Å²) in [4.78, 5) is 5.62. The van der Waals surface area contributed by atoms with E-state index in [1.807, 2.05) is 5.51 Å². The van der Waals surface area contributed by atoms with Crippen molar-refractivity contribution in [1.29, 1.82) is 0 Å². The van der Waals surface area contributed by atoms with E-state index >= 15 is 0 Å².